The zero-order valence-electron chi connectivity index (χ0n) is 9.20. The number of nitro benzene ring substituents is 1. The molecule has 7 heteroatoms. The summed E-state index contributed by atoms with van der Waals surface area (Å²) in [6.45, 7) is 0. The Morgan fingerprint density at radius 3 is 2.61 bits per heavy atom. The minimum absolute atomic E-state index is 0.0174. The van der Waals surface area contributed by atoms with Crippen molar-refractivity contribution >= 4 is 34.6 Å². The number of aliphatic imine (C=N–C) groups is 1. The number of thioether (sulfide) groups is 1. The van der Waals surface area contributed by atoms with Crippen LogP contribution in [-0.4, -0.2) is 21.8 Å². The maximum absolute atomic E-state index is 11.5. The number of amides is 1. The highest BCUT2D eigenvalue weighted by atomic mass is 32.2. The molecule has 0 bridgehead atoms. The molecule has 0 unspecified atom stereocenters. The average molecular weight is 263 g/mol. The summed E-state index contributed by atoms with van der Waals surface area (Å²) >= 11 is 1.29. The first kappa shape index (κ1) is 12.3. The lowest BCUT2D eigenvalue weighted by Gasteiger charge is -2.09. The molecule has 0 aromatic heterocycles. The second-order valence-corrected chi connectivity index (χ2v) is 4.56. The molecule has 2 rings (SSSR count). The monoisotopic (exact) mass is 263 g/mol. The predicted molar refractivity (Wildman–Crippen MR) is 70.2 cm³/mol. The van der Waals surface area contributed by atoms with Crippen LogP contribution in [0.5, 0.6) is 0 Å². The molecule has 0 aliphatic carbocycles. The number of rotatable bonds is 2. The Balaban J connectivity index is 2.23. The number of hydrogen-bond donors (Lipinski definition) is 1. The number of carbonyl (C=O) groups excluding carboxylic acids is 1. The van der Waals surface area contributed by atoms with Gasteiger partial charge in [0.15, 0.2) is 5.17 Å². The third kappa shape index (κ3) is 2.75. The molecule has 0 saturated carbocycles. The first-order valence-electron chi connectivity index (χ1n) is 5.02. The summed E-state index contributed by atoms with van der Waals surface area (Å²) < 4.78 is 0. The van der Waals surface area contributed by atoms with Crippen molar-refractivity contribution in [1.82, 2.24) is 0 Å². The number of hydrogen-bond acceptors (Lipinski definition) is 5. The van der Waals surface area contributed by atoms with Crippen LogP contribution in [0.2, 0.25) is 0 Å². The summed E-state index contributed by atoms with van der Waals surface area (Å²) in [5.74, 6) is 0.107. The van der Waals surface area contributed by atoms with Crippen LogP contribution in [0.3, 0.4) is 0 Å². The summed E-state index contributed by atoms with van der Waals surface area (Å²) in [5, 5.41) is 10.8. The van der Waals surface area contributed by atoms with E-state index in [1.165, 1.54) is 23.9 Å². The van der Waals surface area contributed by atoms with Gasteiger partial charge in [-0.1, -0.05) is 11.8 Å². The fourth-order valence-electron chi connectivity index (χ4n) is 1.41. The van der Waals surface area contributed by atoms with Crippen molar-refractivity contribution in [2.75, 3.05) is 5.75 Å². The van der Waals surface area contributed by atoms with Gasteiger partial charge in [-0.05, 0) is 23.8 Å². The Morgan fingerprint density at radius 2 is 2.06 bits per heavy atom. The summed E-state index contributed by atoms with van der Waals surface area (Å²) in [4.78, 5) is 25.2. The Kier molecular flexibility index (Phi) is 3.42. The molecule has 6 nitrogen and oxygen atoms in total. The van der Waals surface area contributed by atoms with Gasteiger partial charge in [-0.15, -0.1) is 0 Å². The number of nitrogens with two attached hydrogens (primary N) is 1. The molecule has 0 atom stereocenters. The van der Waals surface area contributed by atoms with E-state index in [-0.39, 0.29) is 16.8 Å². The van der Waals surface area contributed by atoms with Gasteiger partial charge < -0.3 is 5.73 Å². The van der Waals surface area contributed by atoms with E-state index in [0.717, 1.165) is 5.56 Å². The Bertz CT molecular complexity index is 563. The van der Waals surface area contributed by atoms with Crippen molar-refractivity contribution in [3.05, 3.63) is 45.5 Å². The molecule has 1 aromatic carbocycles. The fourth-order valence-corrected chi connectivity index (χ4v) is 2.07. The Hall–Kier alpha value is -2.15. The van der Waals surface area contributed by atoms with Crippen molar-refractivity contribution in [2.45, 2.75) is 0 Å². The van der Waals surface area contributed by atoms with E-state index in [0.29, 0.717) is 11.3 Å². The van der Waals surface area contributed by atoms with E-state index in [1.54, 1.807) is 18.2 Å². The average Bonchev–Trinajstić information content (AvgIpc) is 2.33. The van der Waals surface area contributed by atoms with Crippen LogP contribution >= 0.6 is 11.8 Å². The summed E-state index contributed by atoms with van der Waals surface area (Å²) in [6, 6.07) is 5.96. The summed E-state index contributed by atoms with van der Waals surface area (Å²) in [7, 11) is 0. The lowest BCUT2D eigenvalue weighted by molar-refractivity contribution is -0.384. The van der Waals surface area contributed by atoms with Crippen LogP contribution in [-0.2, 0) is 4.79 Å². The smallest absolute Gasteiger partial charge is 0.276 e. The minimum Gasteiger partial charge on any atom is -0.378 e. The van der Waals surface area contributed by atoms with Gasteiger partial charge >= 0.3 is 0 Å². The second-order valence-electron chi connectivity index (χ2n) is 3.56. The van der Waals surface area contributed by atoms with Gasteiger partial charge in [0.1, 0.15) is 0 Å². The van der Waals surface area contributed by atoms with Gasteiger partial charge in [0.25, 0.3) is 11.6 Å². The maximum Gasteiger partial charge on any atom is 0.276 e. The number of benzene rings is 1. The topological polar surface area (TPSA) is 98.6 Å². The van der Waals surface area contributed by atoms with Gasteiger partial charge in [0.2, 0.25) is 0 Å². The van der Waals surface area contributed by atoms with Gasteiger partial charge in [-0.3, -0.25) is 14.9 Å². The second kappa shape index (κ2) is 5.01. The molecule has 92 valence electrons. The van der Waals surface area contributed by atoms with Crippen LogP contribution in [0.1, 0.15) is 5.56 Å². The van der Waals surface area contributed by atoms with Crippen LogP contribution in [0, 0.1) is 10.1 Å². The van der Waals surface area contributed by atoms with E-state index in [1.807, 2.05) is 0 Å². The SMILES string of the molecule is NC1=NC(=O)/C(=C/c2ccc([N+](=O)[O-])cc2)CS1. The molecule has 1 heterocycles. The molecule has 1 aliphatic heterocycles. The van der Waals surface area contributed by atoms with Crippen molar-refractivity contribution in [2.24, 2.45) is 10.7 Å². The van der Waals surface area contributed by atoms with E-state index in [9.17, 15) is 14.9 Å². The fraction of sp³-hybridized carbons (Fsp3) is 0.0909. The van der Waals surface area contributed by atoms with Gasteiger partial charge in [0.05, 0.1) is 4.92 Å². The van der Waals surface area contributed by atoms with E-state index in [2.05, 4.69) is 4.99 Å². The molecule has 0 radical (unpaired) electrons. The maximum atomic E-state index is 11.5. The third-order valence-electron chi connectivity index (χ3n) is 2.31. The van der Waals surface area contributed by atoms with Crippen LogP contribution in [0.4, 0.5) is 5.69 Å². The lowest BCUT2D eigenvalue weighted by atomic mass is 10.1. The molecule has 0 spiro atoms. The van der Waals surface area contributed by atoms with Crippen molar-refractivity contribution in [1.29, 1.82) is 0 Å². The number of nitrogens with zero attached hydrogens (tertiary/aromatic N) is 2. The van der Waals surface area contributed by atoms with Crippen LogP contribution in [0.25, 0.3) is 6.08 Å². The molecular formula is C11H9N3O3S. The third-order valence-corrected chi connectivity index (χ3v) is 3.15. The van der Waals surface area contributed by atoms with Crippen molar-refractivity contribution in [3.63, 3.8) is 0 Å². The zero-order chi connectivity index (χ0) is 13.1. The standard InChI is InChI=1S/C11H9N3O3S/c12-11-13-10(15)8(6-18-11)5-7-1-3-9(4-2-7)14(16)17/h1-5H,6H2,(H2,12,13,15)/b8-5+. The first-order chi connectivity index (χ1) is 8.56. The van der Waals surface area contributed by atoms with Crippen LogP contribution in [0.15, 0.2) is 34.8 Å². The van der Waals surface area contributed by atoms with E-state index >= 15 is 0 Å². The van der Waals surface area contributed by atoms with Crippen molar-refractivity contribution < 1.29 is 9.72 Å². The summed E-state index contributed by atoms with van der Waals surface area (Å²) in [5.41, 5.74) is 6.69. The normalized spacial score (nSPS) is 17.7. The Labute approximate surface area is 107 Å². The molecule has 0 fully saturated rings. The largest absolute Gasteiger partial charge is 0.378 e. The van der Waals surface area contributed by atoms with Crippen LogP contribution < -0.4 is 5.73 Å². The van der Waals surface area contributed by atoms with Gasteiger partial charge in [0, 0.05) is 23.5 Å². The zero-order valence-corrected chi connectivity index (χ0v) is 10.0. The molecule has 2 N–H and O–H groups in total. The molecular weight excluding hydrogens is 254 g/mol. The highest BCUT2D eigenvalue weighted by Gasteiger charge is 2.16. The molecule has 1 aliphatic rings. The van der Waals surface area contributed by atoms with E-state index in [4.69, 9.17) is 5.73 Å². The summed E-state index contributed by atoms with van der Waals surface area (Å²) in [6.07, 6.45) is 1.66. The molecule has 1 amide bonds. The highest BCUT2D eigenvalue weighted by Crippen LogP contribution is 2.20. The highest BCUT2D eigenvalue weighted by molar-refractivity contribution is 8.14. The van der Waals surface area contributed by atoms with E-state index < -0.39 is 4.92 Å². The molecule has 1 aromatic rings. The molecule has 0 saturated heterocycles. The number of non-ortho nitro benzene ring substituents is 1. The minimum atomic E-state index is -0.469. The number of carbonyl (C=O) groups is 1. The Morgan fingerprint density at radius 1 is 1.39 bits per heavy atom. The van der Waals surface area contributed by atoms with Crippen molar-refractivity contribution in [3.8, 4) is 0 Å². The number of nitro groups is 1. The molecule has 18 heavy (non-hydrogen) atoms. The number of amidine groups is 1. The van der Waals surface area contributed by atoms with Gasteiger partial charge in [-0.25, -0.2) is 0 Å². The first-order valence-corrected chi connectivity index (χ1v) is 6.01. The van der Waals surface area contributed by atoms with Gasteiger partial charge in [-0.2, -0.15) is 4.99 Å². The quantitative estimate of drug-likeness (QED) is 0.496. The lowest BCUT2D eigenvalue weighted by Crippen LogP contribution is -2.18. The predicted octanol–water partition coefficient (Wildman–Crippen LogP) is 1.57.